The summed E-state index contributed by atoms with van der Waals surface area (Å²) in [5, 5.41) is 3.42. The number of thiophene rings is 1. The molecule has 2 atom stereocenters. The molecule has 112 valence electrons. The second-order valence-electron chi connectivity index (χ2n) is 6.13. The Morgan fingerprint density at radius 1 is 1.40 bits per heavy atom. The van der Waals surface area contributed by atoms with Crippen LogP contribution in [-0.2, 0) is 16.6 Å². The first kappa shape index (κ1) is 14.5. The van der Waals surface area contributed by atoms with Crippen LogP contribution in [0.25, 0.3) is 0 Å². The van der Waals surface area contributed by atoms with E-state index in [9.17, 15) is 8.42 Å². The van der Waals surface area contributed by atoms with Crippen molar-refractivity contribution in [3.05, 3.63) is 17.0 Å². The van der Waals surface area contributed by atoms with E-state index in [-0.39, 0.29) is 0 Å². The Hall–Kier alpha value is -0.430. The summed E-state index contributed by atoms with van der Waals surface area (Å²) in [6, 6.07) is 4.33. The predicted octanol–water partition coefficient (Wildman–Crippen LogP) is 2.28. The third-order valence-corrected chi connectivity index (χ3v) is 7.59. The van der Waals surface area contributed by atoms with Crippen molar-refractivity contribution in [2.24, 2.45) is 11.8 Å². The number of hydrogen-bond donors (Lipinski definition) is 1. The standard InChI is InChI=1S/C14H22N2O2S2/c1-10-7-11(10)9-16(2)20(17,18)14-6-5-13(19-14)8-15-12-3-4-12/h5-6,10-12,15H,3-4,7-9H2,1-2H3. The lowest BCUT2D eigenvalue weighted by Crippen LogP contribution is -2.28. The minimum absolute atomic E-state index is 0.473. The second kappa shape index (κ2) is 5.40. The second-order valence-corrected chi connectivity index (χ2v) is 9.57. The molecule has 2 aliphatic carbocycles. The molecule has 1 aromatic heterocycles. The average molecular weight is 314 g/mol. The van der Waals surface area contributed by atoms with Crippen molar-refractivity contribution in [3.63, 3.8) is 0 Å². The van der Waals surface area contributed by atoms with Gasteiger partial charge in [-0.25, -0.2) is 8.42 Å². The number of nitrogens with one attached hydrogen (secondary N) is 1. The highest BCUT2D eigenvalue weighted by atomic mass is 32.2. The van der Waals surface area contributed by atoms with Crippen LogP contribution in [0.15, 0.2) is 16.3 Å². The number of nitrogens with zero attached hydrogens (tertiary/aromatic N) is 1. The average Bonchev–Trinajstić information content (AvgIpc) is 3.29. The first-order valence-corrected chi connectivity index (χ1v) is 9.51. The molecule has 1 N–H and O–H groups in total. The van der Waals surface area contributed by atoms with E-state index in [0.29, 0.717) is 28.6 Å². The van der Waals surface area contributed by atoms with Crippen LogP contribution in [0.4, 0.5) is 0 Å². The quantitative estimate of drug-likeness (QED) is 0.840. The minimum Gasteiger partial charge on any atom is -0.309 e. The predicted molar refractivity (Wildman–Crippen MR) is 81.3 cm³/mol. The van der Waals surface area contributed by atoms with Gasteiger partial charge >= 0.3 is 0 Å². The summed E-state index contributed by atoms with van der Waals surface area (Å²) in [7, 11) is -1.60. The van der Waals surface area contributed by atoms with Crippen molar-refractivity contribution in [2.45, 2.75) is 43.0 Å². The zero-order valence-corrected chi connectivity index (χ0v) is 13.6. The molecule has 0 spiro atoms. The molecule has 2 aliphatic rings. The van der Waals surface area contributed by atoms with Gasteiger partial charge < -0.3 is 5.32 Å². The molecule has 0 aliphatic heterocycles. The molecule has 0 saturated heterocycles. The third-order valence-electron chi connectivity index (χ3n) is 4.21. The van der Waals surface area contributed by atoms with E-state index >= 15 is 0 Å². The van der Waals surface area contributed by atoms with E-state index in [1.807, 2.05) is 6.07 Å². The van der Waals surface area contributed by atoms with Crippen LogP contribution in [0, 0.1) is 11.8 Å². The fourth-order valence-electron chi connectivity index (χ4n) is 2.36. The molecule has 0 bridgehead atoms. The lowest BCUT2D eigenvalue weighted by atomic mass is 10.3. The maximum Gasteiger partial charge on any atom is 0.252 e. The van der Waals surface area contributed by atoms with Crippen LogP contribution in [-0.4, -0.2) is 32.4 Å². The third kappa shape index (κ3) is 3.24. The first-order valence-electron chi connectivity index (χ1n) is 7.25. The summed E-state index contributed by atoms with van der Waals surface area (Å²) >= 11 is 1.39. The fraction of sp³-hybridized carbons (Fsp3) is 0.714. The molecule has 1 aromatic rings. The molecule has 2 saturated carbocycles. The van der Waals surface area contributed by atoms with Crippen molar-refractivity contribution >= 4 is 21.4 Å². The Kier molecular flexibility index (Phi) is 3.92. The normalized spacial score (nSPS) is 26.1. The molecule has 0 amide bonds. The lowest BCUT2D eigenvalue weighted by molar-refractivity contribution is 0.446. The van der Waals surface area contributed by atoms with Crippen LogP contribution in [0.3, 0.4) is 0 Å². The topological polar surface area (TPSA) is 49.4 Å². The van der Waals surface area contributed by atoms with Gasteiger partial charge in [0.15, 0.2) is 0 Å². The number of sulfonamides is 1. The molecule has 6 heteroatoms. The van der Waals surface area contributed by atoms with E-state index in [4.69, 9.17) is 0 Å². The first-order chi connectivity index (χ1) is 9.46. The SMILES string of the molecule is CC1CC1CN(C)S(=O)(=O)c1ccc(CNC2CC2)s1. The van der Waals surface area contributed by atoms with Gasteiger partial charge in [-0.05, 0) is 43.2 Å². The summed E-state index contributed by atoms with van der Waals surface area (Å²) < 4.78 is 27.0. The molecule has 2 unspecified atom stereocenters. The van der Waals surface area contributed by atoms with Crippen molar-refractivity contribution < 1.29 is 8.42 Å². The number of hydrogen-bond acceptors (Lipinski definition) is 4. The lowest BCUT2D eigenvalue weighted by Gasteiger charge is -2.15. The van der Waals surface area contributed by atoms with Gasteiger partial charge in [-0.2, -0.15) is 4.31 Å². The van der Waals surface area contributed by atoms with Crippen LogP contribution in [0.5, 0.6) is 0 Å². The van der Waals surface area contributed by atoms with Crippen molar-refractivity contribution in [1.82, 2.24) is 9.62 Å². The van der Waals surface area contributed by atoms with E-state index in [1.54, 1.807) is 13.1 Å². The Balaban J connectivity index is 1.63. The van der Waals surface area contributed by atoms with E-state index in [0.717, 1.165) is 17.8 Å². The highest BCUT2D eigenvalue weighted by molar-refractivity contribution is 7.91. The Bertz CT molecular complexity index is 578. The van der Waals surface area contributed by atoms with E-state index in [1.165, 1.54) is 28.5 Å². The van der Waals surface area contributed by atoms with Gasteiger partial charge in [0.1, 0.15) is 4.21 Å². The Morgan fingerprint density at radius 3 is 2.70 bits per heavy atom. The van der Waals surface area contributed by atoms with Crippen LogP contribution >= 0.6 is 11.3 Å². The van der Waals surface area contributed by atoms with Gasteiger partial charge in [0.25, 0.3) is 10.0 Å². The monoisotopic (exact) mass is 314 g/mol. The molecular weight excluding hydrogens is 292 g/mol. The van der Waals surface area contributed by atoms with Gasteiger partial charge in [0.2, 0.25) is 0 Å². The van der Waals surface area contributed by atoms with Crippen molar-refractivity contribution in [3.8, 4) is 0 Å². The van der Waals surface area contributed by atoms with Gasteiger partial charge in [0.05, 0.1) is 0 Å². The molecular formula is C14H22N2O2S2. The highest BCUT2D eigenvalue weighted by Crippen LogP contribution is 2.39. The molecule has 0 radical (unpaired) electrons. The van der Waals surface area contributed by atoms with Gasteiger partial charge in [-0.3, -0.25) is 0 Å². The van der Waals surface area contributed by atoms with Gasteiger partial charge in [0, 0.05) is 31.1 Å². The molecule has 3 rings (SSSR count). The summed E-state index contributed by atoms with van der Waals surface area (Å²) in [5.74, 6) is 1.22. The Morgan fingerprint density at radius 2 is 2.10 bits per heavy atom. The highest BCUT2D eigenvalue weighted by Gasteiger charge is 2.36. The molecule has 0 aromatic carbocycles. The summed E-state index contributed by atoms with van der Waals surface area (Å²) in [6.45, 7) is 3.61. The maximum atomic E-state index is 12.5. The summed E-state index contributed by atoms with van der Waals surface area (Å²) in [6.07, 6.45) is 3.65. The van der Waals surface area contributed by atoms with Crippen LogP contribution in [0.1, 0.15) is 31.1 Å². The van der Waals surface area contributed by atoms with Gasteiger partial charge in [-0.1, -0.05) is 6.92 Å². The summed E-state index contributed by atoms with van der Waals surface area (Å²) in [4.78, 5) is 1.10. The molecule has 2 fully saturated rings. The van der Waals surface area contributed by atoms with Gasteiger partial charge in [-0.15, -0.1) is 11.3 Å². The smallest absolute Gasteiger partial charge is 0.252 e. The number of rotatable bonds is 7. The molecule has 1 heterocycles. The zero-order chi connectivity index (χ0) is 14.3. The largest absolute Gasteiger partial charge is 0.309 e. The zero-order valence-electron chi connectivity index (χ0n) is 12.0. The fourth-order valence-corrected chi connectivity index (χ4v) is 5.10. The molecule has 4 nitrogen and oxygen atoms in total. The van der Waals surface area contributed by atoms with Crippen LogP contribution < -0.4 is 5.32 Å². The Labute approximate surface area is 125 Å². The van der Waals surface area contributed by atoms with Crippen molar-refractivity contribution in [2.75, 3.05) is 13.6 Å². The molecule has 20 heavy (non-hydrogen) atoms. The summed E-state index contributed by atoms with van der Waals surface area (Å²) in [5.41, 5.74) is 0. The maximum absolute atomic E-state index is 12.5. The van der Waals surface area contributed by atoms with Crippen LogP contribution in [0.2, 0.25) is 0 Å². The van der Waals surface area contributed by atoms with Crippen molar-refractivity contribution in [1.29, 1.82) is 0 Å². The van der Waals surface area contributed by atoms with E-state index in [2.05, 4.69) is 12.2 Å². The van der Waals surface area contributed by atoms with E-state index < -0.39 is 10.0 Å². The minimum atomic E-state index is -3.30.